The molecule has 1 fully saturated rings. The number of urea groups is 1. The number of nitrogens with one attached hydrogen (secondary N) is 1. The normalized spacial score (nSPS) is 17.5. The molecule has 5 nitrogen and oxygen atoms in total. The summed E-state index contributed by atoms with van der Waals surface area (Å²) in [6, 6.07) is 6.17. The van der Waals surface area contributed by atoms with Crippen LogP contribution in [0.25, 0.3) is 0 Å². The Hall–Kier alpha value is -1.58. The molecule has 1 atom stereocenters. The van der Waals surface area contributed by atoms with Gasteiger partial charge in [-0.15, -0.1) is 11.3 Å². The number of carbonyl (C=O) groups excluding carboxylic acids is 1. The standard InChI is InChI=1S/C15H22N4OS/c1-12(2)11-17-15(20)19-7-5-18(6-8-19)13(10-16)14-4-3-9-21-14/h3-4,9,12-13H,5-8,11H2,1-2H3,(H,17,20)/t13-/m1/s1. The Balaban J connectivity index is 1.85. The molecule has 0 spiro atoms. The molecular weight excluding hydrogens is 284 g/mol. The summed E-state index contributed by atoms with van der Waals surface area (Å²) in [6.45, 7) is 7.69. The molecule has 0 bridgehead atoms. The van der Waals surface area contributed by atoms with Crippen molar-refractivity contribution in [3.05, 3.63) is 22.4 Å². The molecule has 6 heteroatoms. The van der Waals surface area contributed by atoms with Crippen molar-refractivity contribution in [3.63, 3.8) is 0 Å². The maximum atomic E-state index is 12.0. The lowest BCUT2D eigenvalue weighted by atomic mass is 10.2. The third-order valence-electron chi connectivity index (χ3n) is 3.56. The van der Waals surface area contributed by atoms with Crippen LogP contribution in [-0.2, 0) is 0 Å². The molecule has 1 saturated heterocycles. The van der Waals surface area contributed by atoms with Gasteiger partial charge in [0, 0.05) is 37.6 Å². The molecule has 2 amide bonds. The van der Waals surface area contributed by atoms with Gasteiger partial charge in [-0.05, 0) is 17.4 Å². The second kappa shape index (κ2) is 7.43. The summed E-state index contributed by atoms with van der Waals surface area (Å²) in [5.74, 6) is 0.456. The Kier molecular flexibility index (Phi) is 5.59. The van der Waals surface area contributed by atoms with Crippen LogP contribution in [0.3, 0.4) is 0 Å². The molecule has 0 aliphatic carbocycles. The Morgan fingerprint density at radius 2 is 2.14 bits per heavy atom. The Labute approximate surface area is 130 Å². The van der Waals surface area contributed by atoms with Gasteiger partial charge in [0.1, 0.15) is 6.04 Å². The first-order valence-electron chi connectivity index (χ1n) is 7.31. The van der Waals surface area contributed by atoms with Gasteiger partial charge in [0.15, 0.2) is 0 Å². The quantitative estimate of drug-likeness (QED) is 0.928. The predicted octanol–water partition coefficient (Wildman–Crippen LogP) is 2.30. The molecule has 1 N–H and O–H groups in total. The highest BCUT2D eigenvalue weighted by Gasteiger charge is 2.27. The van der Waals surface area contributed by atoms with Crippen molar-refractivity contribution in [3.8, 4) is 6.07 Å². The SMILES string of the molecule is CC(C)CNC(=O)N1CCN([C@H](C#N)c2cccs2)CC1. The molecule has 1 aliphatic heterocycles. The smallest absolute Gasteiger partial charge is 0.317 e. The number of nitriles is 1. The zero-order chi connectivity index (χ0) is 15.2. The first-order valence-corrected chi connectivity index (χ1v) is 8.19. The third kappa shape index (κ3) is 4.19. The fraction of sp³-hybridized carbons (Fsp3) is 0.600. The van der Waals surface area contributed by atoms with Crippen molar-refractivity contribution in [2.75, 3.05) is 32.7 Å². The van der Waals surface area contributed by atoms with Gasteiger partial charge in [-0.1, -0.05) is 19.9 Å². The van der Waals surface area contributed by atoms with E-state index >= 15 is 0 Å². The zero-order valence-corrected chi connectivity index (χ0v) is 13.4. The molecule has 1 aliphatic rings. The van der Waals surface area contributed by atoms with Crippen LogP contribution in [0.15, 0.2) is 17.5 Å². The Morgan fingerprint density at radius 3 is 2.67 bits per heavy atom. The van der Waals surface area contributed by atoms with Crippen molar-refractivity contribution in [1.29, 1.82) is 5.26 Å². The minimum atomic E-state index is -0.189. The topological polar surface area (TPSA) is 59.4 Å². The van der Waals surface area contributed by atoms with E-state index in [-0.39, 0.29) is 12.1 Å². The van der Waals surface area contributed by atoms with E-state index in [0.717, 1.165) is 18.0 Å². The van der Waals surface area contributed by atoms with E-state index < -0.39 is 0 Å². The van der Waals surface area contributed by atoms with Crippen molar-refractivity contribution in [1.82, 2.24) is 15.1 Å². The molecule has 0 radical (unpaired) electrons. The highest BCUT2D eigenvalue weighted by Crippen LogP contribution is 2.25. The number of piperazine rings is 1. The summed E-state index contributed by atoms with van der Waals surface area (Å²) in [5.41, 5.74) is 0. The molecule has 0 unspecified atom stereocenters. The van der Waals surface area contributed by atoms with Crippen LogP contribution in [0, 0.1) is 17.2 Å². The van der Waals surface area contributed by atoms with Gasteiger partial charge in [-0.25, -0.2) is 4.79 Å². The van der Waals surface area contributed by atoms with Gasteiger partial charge in [-0.3, -0.25) is 4.90 Å². The molecular formula is C15H22N4OS. The molecule has 21 heavy (non-hydrogen) atoms. The third-order valence-corrected chi connectivity index (χ3v) is 4.49. The van der Waals surface area contributed by atoms with Crippen LogP contribution in [-0.4, -0.2) is 48.6 Å². The summed E-state index contributed by atoms with van der Waals surface area (Å²) in [4.78, 5) is 17.1. The molecule has 1 aromatic rings. The number of hydrogen-bond acceptors (Lipinski definition) is 4. The van der Waals surface area contributed by atoms with Crippen molar-refractivity contribution < 1.29 is 4.79 Å². The first kappa shape index (κ1) is 15.8. The van der Waals surface area contributed by atoms with E-state index in [4.69, 9.17) is 0 Å². The molecule has 114 valence electrons. The Bertz CT molecular complexity index is 486. The largest absolute Gasteiger partial charge is 0.338 e. The second-order valence-electron chi connectivity index (χ2n) is 5.65. The van der Waals surface area contributed by atoms with Gasteiger partial charge < -0.3 is 10.2 Å². The number of hydrogen-bond donors (Lipinski definition) is 1. The summed E-state index contributed by atoms with van der Waals surface area (Å²) in [5, 5.41) is 14.3. The van der Waals surface area contributed by atoms with Crippen molar-refractivity contribution in [2.45, 2.75) is 19.9 Å². The molecule has 2 heterocycles. The van der Waals surface area contributed by atoms with Crippen LogP contribution < -0.4 is 5.32 Å². The number of thiophene rings is 1. The first-order chi connectivity index (χ1) is 10.1. The lowest BCUT2D eigenvalue weighted by Gasteiger charge is -2.36. The van der Waals surface area contributed by atoms with Crippen molar-refractivity contribution >= 4 is 17.4 Å². The fourth-order valence-electron chi connectivity index (χ4n) is 2.36. The minimum Gasteiger partial charge on any atom is -0.338 e. The van der Waals surface area contributed by atoms with Gasteiger partial charge in [-0.2, -0.15) is 5.26 Å². The van der Waals surface area contributed by atoms with Gasteiger partial charge in [0.2, 0.25) is 0 Å². The van der Waals surface area contributed by atoms with E-state index in [1.54, 1.807) is 11.3 Å². The van der Waals surface area contributed by atoms with Crippen LogP contribution in [0.4, 0.5) is 4.79 Å². The Morgan fingerprint density at radius 1 is 1.43 bits per heavy atom. The molecule has 0 aromatic carbocycles. The van der Waals surface area contributed by atoms with Crippen LogP contribution in [0.5, 0.6) is 0 Å². The number of amides is 2. The number of nitrogens with zero attached hydrogens (tertiary/aromatic N) is 3. The van der Waals surface area contributed by atoms with E-state index in [1.165, 1.54) is 0 Å². The van der Waals surface area contributed by atoms with E-state index in [9.17, 15) is 10.1 Å². The molecule has 1 aromatic heterocycles. The number of carbonyl (C=O) groups is 1. The van der Waals surface area contributed by atoms with E-state index in [0.29, 0.717) is 25.6 Å². The van der Waals surface area contributed by atoms with Crippen LogP contribution >= 0.6 is 11.3 Å². The van der Waals surface area contributed by atoms with E-state index in [2.05, 4.69) is 30.1 Å². The average Bonchev–Trinajstić information content (AvgIpc) is 3.00. The van der Waals surface area contributed by atoms with Crippen molar-refractivity contribution in [2.24, 2.45) is 5.92 Å². The maximum Gasteiger partial charge on any atom is 0.317 e. The summed E-state index contributed by atoms with van der Waals surface area (Å²) < 4.78 is 0. The average molecular weight is 306 g/mol. The van der Waals surface area contributed by atoms with Gasteiger partial charge in [0.25, 0.3) is 0 Å². The van der Waals surface area contributed by atoms with Crippen LogP contribution in [0.2, 0.25) is 0 Å². The highest BCUT2D eigenvalue weighted by molar-refractivity contribution is 7.10. The predicted molar refractivity (Wildman–Crippen MR) is 84.1 cm³/mol. The number of rotatable bonds is 4. The summed E-state index contributed by atoms with van der Waals surface area (Å²) in [7, 11) is 0. The van der Waals surface area contributed by atoms with Crippen LogP contribution in [0.1, 0.15) is 24.8 Å². The highest BCUT2D eigenvalue weighted by atomic mass is 32.1. The zero-order valence-electron chi connectivity index (χ0n) is 12.6. The second-order valence-corrected chi connectivity index (χ2v) is 6.63. The van der Waals surface area contributed by atoms with Gasteiger partial charge >= 0.3 is 6.03 Å². The summed E-state index contributed by atoms with van der Waals surface area (Å²) in [6.07, 6.45) is 0. The van der Waals surface area contributed by atoms with Gasteiger partial charge in [0.05, 0.1) is 6.07 Å². The monoisotopic (exact) mass is 306 g/mol. The minimum absolute atomic E-state index is 0.00739. The summed E-state index contributed by atoms with van der Waals surface area (Å²) >= 11 is 1.61. The lowest BCUT2D eigenvalue weighted by Crippen LogP contribution is -2.52. The fourth-order valence-corrected chi connectivity index (χ4v) is 3.16. The maximum absolute atomic E-state index is 12.0. The lowest BCUT2D eigenvalue weighted by molar-refractivity contribution is 0.125. The molecule has 2 rings (SSSR count). The molecule has 0 saturated carbocycles. The van der Waals surface area contributed by atoms with E-state index in [1.807, 2.05) is 22.4 Å².